The average Bonchev–Trinajstić information content (AvgIpc) is 3.30. The van der Waals surface area contributed by atoms with Crippen molar-refractivity contribution in [2.24, 2.45) is 0 Å². The molecular weight excluding hydrogens is 416 g/mol. The first-order chi connectivity index (χ1) is 14.5. The summed E-state index contributed by atoms with van der Waals surface area (Å²) in [5.41, 5.74) is 3.61. The number of aromatic nitrogens is 1. The molecule has 2 atom stereocenters. The van der Waals surface area contributed by atoms with Crippen LogP contribution in [0.25, 0.3) is 0 Å². The first-order valence-corrected chi connectivity index (χ1v) is 10.8. The highest BCUT2D eigenvalue weighted by molar-refractivity contribution is 7.80. The van der Waals surface area contributed by atoms with Crippen LogP contribution in [-0.4, -0.2) is 23.1 Å². The van der Waals surface area contributed by atoms with Crippen LogP contribution in [0.3, 0.4) is 0 Å². The normalized spacial score (nSPS) is 18.2. The Morgan fingerprint density at radius 1 is 1.30 bits per heavy atom. The molecule has 1 amide bonds. The topological polar surface area (TPSA) is 66.5 Å². The number of methoxy groups -OCH3 is 1. The summed E-state index contributed by atoms with van der Waals surface area (Å²) in [6, 6.07) is 13.5. The van der Waals surface area contributed by atoms with E-state index in [1.54, 1.807) is 24.6 Å². The highest BCUT2D eigenvalue weighted by Crippen LogP contribution is 2.45. The molecule has 2 aromatic heterocycles. The van der Waals surface area contributed by atoms with Crippen molar-refractivity contribution in [3.8, 4) is 5.75 Å². The van der Waals surface area contributed by atoms with Crippen molar-refractivity contribution in [1.82, 2.24) is 10.3 Å². The van der Waals surface area contributed by atoms with Gasteiger partial charge in [-0.25, -0.2) is 0 Å². The molecule has 3 heterocycles. The Morgan fingerprint density at radius 2 is 2.13 bits per heavy atom. The standard InChI is InChI=1S/C22H22N4O2S2/c1-13-9-11-30-21(13)20-19(16-6-4-5-10-23-16)25-22(29)26(20)15-7-8-18(28-3)17(12-15)24-14(2)27/h4-12,19-20H,1-3H3,(H,24,27)(H,25,29)/t19-,20+/m0/s1. The monoisotopic (exact) mass is 438 g/mol. The molecule has 1 aliphatic rings. The minimum absolute atomic E-state index is 0.0639. The van der Waals surface area contributed by atoms with Crippen molar-refractivity contribution >= 4 is 45.9 Å². The minimum atomic E-state index is -0.162. The number of benzene rings is 1. The fraction of sp³-hybridized carbons (Fsp3) is 0.227. The van der Waals surface area contributed by atoms with E-state index in [1.807, 2.05) is 36.4 Å². The summed E-state index contributed by atoms with van der Waals surface area (Å²) in [4.78, 5) is 19.6. The van der Waals surface area contributed by atoms with Gasteiger partial charge in [0.1, 0.15) is 5.75 Å². The number of nitrogens with one attached hydrogen (secondary N) is 2. The summed E-state index contributed by atoms with van der Waals surface area (Å²) in [7, 11) is 1.58. The Bertz CT molecular complexity index is 1080. The van der Waals surface area contributed by atoms with E-state index in [4.69, 9.17) is 17.0 Å². The van der Waals surface area contributed by atoms with Gasteiger partial charge in [0, 0.05) is 23.7 Å². The van der Waals surface area contributed by atoms with Gasteiger partial charge in [0.15, 0.2) is 5.11 Å². The second kappa shape index (κ2) is 8.41. The summed E-state index contributed by atoms with van der Waals surface area (Å²) in [5.74, 6) is 0.432. The third-order valence-electron chi connectivity index (χ3n) is 5.04. The van der Waals surface area contributed by atoms with Crippen molar-refractivity contribution in [3.63, 3.8) is 0 Å². The van der Waals surface area contributed by atoms with Gasteiger partial charge < -0.3 is 20.3 Å². The van der Waals surface area contributed by atoms with Crippen LogP contribution in [0.1, 0.15) is 35.1 Å². The summed E-state index contributed by atoms with van der Waals surface area (Å²) in [6.07, 6.45) is 1.79. The molecule has 1 aromatic carbocycles. The molecular formula is C22H22N4O2S2. The van der Waals surface area contributed by atoms with Gasteiger partial charge in [-0.3, -0.25) is 9.78 Å². The van der Waals surface area contributed by atoms with Gasteiger partial charge >= 0.3 is 0 Å². The Balaban J connectivity index is 1.82. The number of nitrogens with zero attached hydrogens (tertiary/aromatic N) is 2. The summed E-state index contributed by atoms with van der Waals surface area (Å²) < 4.78 is 5.41. The Labute approximate surface area is 184 Å². The van der Waals surface area contributed by atoms with E-state index < -0.39 is 0 Å². The van der Waals surface area contributed by atoms with Gasteiger partial charge in [0.25, 0.3) is 0 Å². The average molecular weight is 439 g/mol. The zero-order valence-electron chi connectivity index (χ0n) is 16.9. The summed E-state index contributed by atoms with van der Waals surface area (Å²) >= 11 is 7.46. The van der Waals surface area contributed by atoms with E-state index in [-0.39, 0.29) is 18.0 Å². The Morgan fingerprint density at radius 3 is 2.77 bits per heavy atom. The minimum Gasteiger partial charge on any atom is -0.495 e. The molecule has 30 heavy (non-hydrogen) atoms. The quantitative estimate of drug-likeness (QED) is 0.568. The molecule has 0 aliphatic carbocycles. The van der Waals surface area contributed by atoms with Crippen molar-refractivity contribution in [3.05, 3.63) is 70.2 Å². The van der Waals surface area contributed by atoms with Gasteiger partial charge in [0.05, 0.1) is 30.6 Å². The smallest absolute Gasteiger partial charge is 0.221 e. The van der Waals surface area contributed by atoms with E-state index >= 15 is 0 Å². The van der Waals surface area contributed by atoms with Crippen LogP contribution in [0.4, 0.5) is 11.4 Å². The molecule has 2 N–H and O–H groups in total. The second-order valence-corrected chi connectivity index (χ2v) is 8.36. The van der Waals surface area contributed by atoms with Crippen LogP contribution in [0.15, 0.2) is 54.0 Å². The van der Waals surface area contributed by atoms with Gasteiger partial charge in [-0.2, -0.15) is 0 Å². The lowest BCUT2D eigenvalue weighted by atomic mass is 10.0. The lowest BCUT2D eigenvalue weighted by Gasteiger charge is -2.28. The third kappa shape index (κ3) is 3.76. The Hall–Kier alpha value is -2.97. The number of ether oxygens (including phenoxy) is 1. The molecule has 1 aliphatic heterocycles. The first-order valence-electron chi connectivity index (χ1n) is 9.50. The summed E-state index contributed by atoms with van der Waals surface area (Å²) in [5, 5.41) is 9.01. The lowest BCUT2D eigenvalue weighted by molar-refractivity contribution is -0.114. The number of hydrogen-bond donors (Lipinski definition) is 2. The fourth-order valence-corrected chi connectivity index (χ4v) is 5.12. The van der Waals surface area contributed by atoms with Crippen molar-refractivity contribution in [1.29, 1.82) is 0 Å². The first kappa shape index (κ1) is 20.3. The van der Waals surface area contributed by atoms with Crippen molar-refractivity contribution in [2.75, 3.05) is 17.3 Å². The molecule has 1 fully saturated rings. The number of anilines is 2. The predicted octanol–water partition coefficient (Wildman–Crippen LogP) is 4.60. The Kier molecular flexibility index (Phi) is 5.69. The maximum absolute atomic E-state index is 11.7. The van der Waals surface area contributed by atoms with Gasteiger partial charge in [0.2, 0.25) is 5.91 Å². The second-order valence-electron chi connectivity index (χ2n) is 7.03. The number of hydrogen-bond acceptors (Lipinski definition) is 5. The van der Waals surface area contributed by atoms with Crippen molar-refractivity contribution < 1.29 is 9.53 Å². The molecule has 0 saturated carbocycles. The highest BCUT2D eigenvalue weighted by atomic mass is 32.1. The van der Waals surface area contributed by atoms with E-state index in [1.165, 1.54) is 17.4 Å². The molecule has 0 unspecified atom stereocenters. The molecule has 8 heteroatoms. The number of amides is 1. The van der Waals surface area contributed by atoms with Crippen LogP contribution < -0.4 is 20.3 Å². The molecule has 0 spiro atoms. The summed E-state index contributed by atoms with van der Waals surface area (Å²) in [6.45, 7) is 3.58. The predicted molar refractivity (Wildman–Crippen MR) is 124 cm³/mol. The van der Waals surface area contributed by atoms with Crippen LogP contribution in [-0.2, 0) is 4.79 Å². The SMILES string of the molecule is COc1ccc(N2C(=S)N[C@@H](c3ccccn3)[C@@H]2c2sccc2C)cc1NC(C)=O. The maximum atomic E-state index is 11.7. The number of thiocarbonyl (C=S) groups is 1. The molecule has 0 radical (unpaired) electrons. The van der Waals surface area contributed by atoms with E-state index in [2.05, 4.69) is 38.9 Å². The van der Waals surface area contributed by atoms with Gasteiger partial charge in [-0.05, 0) is 66.5 Å². The highest BCUT2D eigenvalue weighted by Gasteiger charge is 2.42. The zero-order chi connectivity index (χ0) is 21.3. The van der Waals surface area contributed by atoms with Gasteiger partial charge in [-0.1, -0.05) is 6.07 Å². The molecule has 154 valence electrons. The maximum Gasteiger partial charge on any atom is 0.221 e. The number of carbonyl (C=O) groups is 1. The molecule has 6 nitrogen and oxygen atoms in total. The molecule has 0 bridgehead atoms. The molecule has 4 rings (SSSR count). The number of carbonyl (C=O) groups excluding carboxylic acids is 1. The molecule has 3 aromatic rings. The lowest BCUT2D eigenvalue weighted by Crippen LogP contribution is -2.29. The van der Waals surface area contributed by atoms with Crippen LogP contribution in [0.5, 0.6) is 5.75 Å². The largest absolute Gasteiger partial charge is 0.495 e. The van der Waals surface area contributed by atoms with Crippen molar-refractivity contribution in [2.45, 2.75) is 25.9 Å². The van der Waals surface area contributed by atoms with Crippen LogP contribution in [0, 0.1) is 6.92 Å². The van der Waals surface area contributed by atoms with Crippen LogP contribution >= 0.6 is 23.6 Å². The fourth-order valence-electron chi connectivity index (χ4n) is 3.72. The number of aryl methyl sites for hydroxylation is 1. The van der Waals surface area contributed by atoms with E-state index in [0.29, 0.717) is 16.5 Å². The molecule has 1 saturated heterocycles. The van der Waals surface area contributed by atoms with Crippen LogP contribution in [0.2, 0.25) is 0 Å². The van der Waals surface area contributed by atoms with Gasteiger partial charge in [-0.15, -0.1) is 11.3 Å². The van der Waals surface area contributed by atoms with E-state index in [0.717, 1.165) is 11.4 Å². The number of thiophene rings is 1. The number of pyridine rings is 1. The zero-order valence-corrected chi connectivity index (χ0v) is 18.5. The number of rotatable bonds is 5. The van der Waals surface area contributed by atoms with E-state index in [9.17, 15) is 4.79 Å². The third-order valence-corrected chi connectivity index (χ3v) is 6.44.